The molecule has 4 aromatic carbocycles. The van der Waals surface area contributed by atoms with Gasteiger partial charge in [-0.3, -0.25) is 0 Å². The highest BCUT2D eigenvalue weighted by molar-refractivity contribution is 9.09. The van der Waals surface area contributed by atoms with Gasteiger partial charge in [0.2, 0.25) is 0 Å². The van der Waals surface area contributed by atoms with E-state index in [9.17, 15) is 20.1 Å². The molecule has 5 rings (SSSR count). The van der Waals surface area contributed by atoms with E-state index in [4.69, 9.17) is 0 Å². The largest absolute Gasteiger partial charge is 0.508 e. The number of nitrogens with zero attached hydrogens (tertiary/aromatic N) is 2. The Balaban J connectivity index is 1.54. The Kier molecular flexibility index (Phi) is 8.72. The third-order valence-electron chi connectivity index (χ3n) is 7.45. The number of hydrogen-bond donors (Lipinski definition) is 3. The number of phenols is 2. The molecule has 0 radical (unpaired) electrons. The Bertz CT molecular complexity index is 1420. The van der Waals surface area contributed by atoms with Gasteiger partial charge in [-0.15, -0.1) is 0 Å². The molecule has 1 fully saturated rings. The Morgan fingerprint density at radius 1 is 0.675 bits per heavy atom. The zero-order chi connectivity index (χ0) is 28.1. The fraction of sp³-hybridized carbons (Fsp3) is 0.242. The molecule has 0 saturated carbocycles. The molecule has 4 atom stereocenters. The summed E-state index contributed by atoms with van der Waals surface area (Å²) in [5.74, 6) is 0.247. The van der Waals surface area contributed by atoms with Gasteiger partial charge in [0.15, 0.2) is 0 Å². The van der Waals surface area contributed by atoms with Crippen molar-refractivity contribution >= 4 is 22.0 Å². The van der Waals surface area contributed by atoms with Crippen molar-refractivity contribution in [2.24, 2.45) is 0 Å². The predicted octanol–water partition coefficient (Wildman–Crippen LogP) is 5.88. The first-order chi connectivity index (χ1) is 19.4. The van der Waals surface area contributed by atoms with Gasteiger partial charge in [-0.2, -0.15) is 0 Å². The summed E-state index contributed by atoms with van der Waals surface area (Å²) in [6.07, 6.45) is 0.214. The van der Waals surface area contributed by atoms with Gasteiger partial charge in [0.1, 0.15) is 11.5 Å². The quantitative estimate of drug-likeness (QED) is 0.209. The second kappa shape index (κ2) is 12.6. The monoisotopic (exact) mass is 600 g/mol. The summed E-state index contributed by atoms with van der Waals surface area (Å²) in [4.78, 5) is 17.6. The van der Waals surface area contributed by atoms with Gasteiger partial charge in [0.25, 0.3) is 0 Å². The Morgan fingerprint density at radius 2 is 1.18 bits per heavy atom. The van der Waals surface area contributed by atoms with Crippen LogP contribution in [0.25, 0.3) is 0 Å². The van der Waals surface area contributed by atoms with Gasteiger partial charge >= 0.3 is 6.03 Å². The topological polar surface area (TPSA) is 84.2 Å². The molecular formula is C33H33BrN2O4. The number of aromatic hydroxyl groups is 2. The van der Waals surface area contributed by atoms with Gasteiger partial charge < -0.3 is 25.1 Å². The molecule has 7 heteroatoms. The Morgan fingerprint density at radius 3 is 1.73 bits per heavy atom. The summed E-state index contributed by atoms with van der Waals surface area (Å²) < 4.78 is 0. The average Bonchev–Trinajstić information content (AvgIpc) is 2.94. The van der Waals surface area contributed by atoms with Gasteiger partial charge in [-0.05, 0) is 59.4 Å². The highest BCUT2D eigenvalue weighted by Crippen LogP contribution is 2.34. The molecule has 0 spiro atoms. The van der Waals surface area contributed by atoms with E-state index < -0.39 is 18.2 Å². The molecule has 0 unspecified atom stereocenters. The lowest BCUT2D eigenvalue weighted by molar-refractivity contribution is -0.0428. The van der Waals surface area contributed by atoms with Crippen LogP contribution in [0.15, 0.2) is 109 Å². The fourth-order valence-electron chi connectivity index (χ4n) is 5.55. The van der Waals surface area contributed by atoms with Crippen molar-refractivity contribution in [1.82, 2.24) is 9.80 Å². The predicted molar refractivity (Wildman–Crippen MR) is 159 cm³/mol. The second-order valence-electron chi connectivity index (χ2n) is 10.3. The van der Waals surface area contributed by atoms with Crippen LogP contribution < -0.4 is 0 Å². The first-order valence-corrected chi connectivity index (χ1v) is 14.3. The molecule has 4 aromatic rings. The third-order valence-corrected chi connectivity index (χ3v) is 8.32. The molecule has 1 aliphatic rings. The Hall–Kier alpha value is -3.81. The number of rotatable bonds is 9. The lowest BCUT2D eigenvalue weighted by Crippen LogP contribution is -2.68. The SMILES string of the molecule is O=C1N(Cc2cccc(O)c2)[C@@H]([C@@H](Br)Cc2ccccc2)[C@H](O)[C@@H](Cc2ccccc2)N1Cc1cccc(O)c1. The third kappa shape index (κ3) is 6.49. The number of benzene rings is 4. The van der Waals surface area contributed by atoms with Crippen LogP contribution in [-0.4, -0.2) is 54.2 Å². The van der Waals surface area contributed by atoms with Crippen LogP contribution in [-0.2, 0) is 25.9 Å². The van der Waals surface area contributed by atoms with Crippen molar-refractivity contribution in [3.05, 3.63) is 131 Å². The first-order valence-electron chi connectivity index (χ1n) is 13.4. The van der Waals surface area contributed by atoms with Crippen LogP contribution in [0.1, 0.15) is 22.3 Å². The molecule has 0 bridgehead atoms. The normalized spacial score (nSPS) is 19.9. The van der Waals surface area contributed by atoms with Gasteiger partial charge in [0.05, 0.1) is 18.2 Å². The molecule has 1 heterocycles. The number of halogens is 1. The highest BCUT2D eigenvalue weighted by Gasteiger charge is 2.48. The molecule has 1 aliphatic heterocycles. The van der Waals surface area contributed by atoms with E-state index in [1.165, 1.54) is 0 Å². The summed E-state index contributed by atoms with van der Waals surface area (Å²) in [5, 5.41) is 32.3. The molecule has 6 nitrogen and oxygen atoms in total. The summed E-state index contributed by atoms with van der Waals surface area (Å²) in [5.41, 5.74) is 3.66. The van der Waals surface area contributed by atoms with Crippen LogP contribution in [0.5, 0.6) is 11.5 Å². The van der Waals surface area contributed by atoms with E-state index in [1.807, 2.05) is 72.8 Å². The van der Waals surface area contributed by atoms with Gasteiger partial charge in [0, 0.05) is 17.9 Å². The van der Waals surface area contributed by atoms with Gasteiger partial charge in [-0.25, -0.2) is 4.79 Å². The standard InChI is InChI=1S/C33H33BrN2O4/c34-29(19-23-9-3-1-4-10-23)31-32(39)30(20-24-11-5-2-6-12-24)35(21-25-13-7-15-27(37)17-25)33(40)36(31)22-26-14-8-16-28(38)18-26/h1-18,29-32,37-39H,19-22H2/t29-,30+,31-,32+/m0/s1. The highest BCUT2D eigenvalue weighted by atomic mass is 79.9. The number of carbonyl (C=O) groups is 1. The smallest absolute Gasteiger partial charge is 0.321 e. The lowest BCUT2D eigenvalue weighted by atomic mass is 9.88. The molecule has 40 heavy (non-hydrogen) atoms. The van der Waals surface area contributed by atoms with E-state index in [0.29, 0.717) is 12.8 Å². The van der Waals surface area contributed by atoms with Crippen LogP contribution in [0.4, 0.5) is 4.79 Å². The number of urea groups is 1. The number of alkyl halides is 1. The van der Waals surface area contributed by atoms with E-state index in [1.54, 1.807) is 46.2 Å². The summed E-state index contributed by atoms with van der Waals surface area (Å²) >= 11 is 3.87. The van der Waals surface area contributed by atoms with E-state index in [-0.39, 0.29) is 35.4 Å². The second-order valence-corrected chi connectivity index (χ2v) is 11.5. The Labute approximate surface area is 243 Å². The van der Waals surface area contributed by atoms with E-state index in [0.717, 1.165) is 22.3 Å². The van der Waals surface area contributed by atoms with Gasteiger partial charge in [-0.1, -0.05) is 101 Å². The summed E-state index contributed by atoms with van der Waals surface area (Å²) in [6, 6.07) is 32.4. The van der Waals surface area contributed by atoms with Crippen LogP contribution >= 0.6 is 15.9 Å². The number of hydrogen-bond acceptors (Lipinski definition) is 4. The zero-order valence-corrected chi connectivity index (χ0v) is 23.6. The fourth-order valence-corrected chi connectivity index (χ4v) is 6.52. The van der Waals surface area contributed by atoms with Crippen molar-refractivity contribution < 1.29 is 20.1 Å². The maximum Gasteiger partial charge on any atom is 0.321 e. The molecule has 0 aliphatic carbocycles. The summed E-state index contributed by atoms with van der Waals surface area (Å²) in [7, 11) is 0. The minimum absolute atomic E-state index is 0.123. The lowest BCUT2D eigenvalue weighted by Gasteiger charge is -2.51. The van der Waals surface area contributed by atoms with Crippen molar-refractivity contribution in [1.29, 1.82) is 0 Å². The number of aliphatic hydroxyl groups is 1. The van der Waals surface area contributed by atoms with E-state index in [2.05, 4.69) is 15.9 Å². The number of aliphatic hydroxyl groups excluding tert-OH is 1. The van der Waals surface area contributed by atoms with E-state index >= 15 is 0 Å². The number of phenolic OH excluding ortho intramolecular Hbond substituents is 2. The van der Waals surface area contributed by atoms with Crippen molar-refractivity contribution in [2.75, 3.05) is 0 Å². The van der Waals surface area contributed by atoms with Crippen molar-refractivity contribution in [3.8, 4) is 11.5 Å². The molecule has 206 valence electrons. The van der Waals surface area contributed by atoms with Crippen molar-refractivity contribution in [2.45, 2.75) is 48.9 Å². The molecule has 0 aromatic heterocycles. The molecular weight excluding hydrogens is 568 g/mol. The minimum atomic E-state index is -0.888. The zero-order valence-electron chi connectivity index (χ0n) is 22.1. The number of carbonyl (C=O) groups excluding carboxylic acids is 1. The minimum Gasteiger partial charge on any atom is -0.508 e. The first kappa shape index (κ1) is 27.7. The molecule has 1 saturated heterocycles. The molecule has 3 N–H and O–H groups in total. The van der Waals surface area contributed by atoms with Crippen molar-refractivity contribution in [3.63, 3.8) is 0 Å². The maximum absolute atomic E-state index is 14.4. The molecule has 2 amide bonds. The average molecular weight is 602 g/mol. The maximum atomic E-state index is 14.4. The number of amides is 2. The van der Waals surface area contributed by atoms with Crippen LogP contribution in [0.2, 0.25) is 0 Å². The summed E-state index contributed by atoms with van der Waals surface area (Å²) in [6.45, 7) is 0.455. The van der Waals surface area contributed by atoms with Crippen LogP contribution in [0.3, 0.4) is 0 Å². The van der Waals surface area contributed by atoms with Crippen LogP contribution in [0, 0.1) is 0 Å².